The van der Waals surface area contributed by atoms with Crippen molar-refractivity contribution in [3.8, 4) is 0 Å². The molecule has 1 amide bonds. The first-order chi connectivity index (χ1) is 13.7. The van der Waals surface area contributed by atoms with E-state index in [0.717, 1.165) is 16.7 Å². The highest BCUT2D eigenvalue weighted by Gasteiger charge is 2.23. The van der Waals surface area contributed by atoms with E-state index in [-0.39, 0.29) is 22.4 Å². The van der Waals surface area contributed by atoms with Gasteiger partial charge in [-0.05, 0) is 50.1 Å². The number of nitrogens with two attached hydrogens (primary N) is 1. The summed E-state index contributed by atoms with van der Waals surface area (Å²) in [5.41, 5.74) is 4.17. The van der Waals surface area contributed by atoms with Crippen molar-refractivity contribution >= 4 is 21.6 Å². The van der Waals surface area contributed by atoms with Gasteiger partial charge in [-0.3, -0.25) is 4.79 Å². The Bertz CT molecular complexity index is 1010. The van der Waals surface area contributed by atoms with Crippen LogP contribution in [0.15, 0.2) is 41.3 Å². The molecule has 0 radical (unpaired) electrons. The summed E-state index contributed by atoms with van der Waals surface area (Å²) in [6.45, 7) is 8.27. The van der Waals surface area contributed by atoms with Gasteiger partial charge in [0.2, 0.25) is 10.0 Å². The largest absolute Gasteiger partial charge is 0.378 e. The Kier molecular flexibility index (Phi) is 6.26. The summed E-state index contributed by atoms with van der Waals surface area (Å²) in [7, 11) is -3.92. The number of primary sulfonamides is 1. The average molecular weight is 418 g/mol. The molecule has 2 aromatic carbocycles. The number of carbonyl (C=O) groups is 1. The second-order valence-electron chi connectivity index (χ2n) is 7.38. The van der Waals surface area contributed by atoms with Crippen LogP contribution in [0.5, 0.6) is 0 Å². The number of rotatable bonds is 5. The van der Waals surface area contributed by atoms with Gasteiger partial charge in [-0.2, -0.15) is 0 Å². The Morgan fingerprint density at radius 1 is 1.14 bits per heavy atom. The number of nitrogens with zero attached hydrogens (tertiary/aromatic N) is 1. The number of anilines is 1. The number of benzene rings is 2. The van der Waals surface area contributed by atoms with Gasteiger partial charge in [-0.25, -0.2) is 13.6 Å². The van der Waals surface area contributed by atoms with E-state index < -0.39 is 10.0 Å². The minimum absolute atomic E-state index is 0.0842. The smallest absolute Gasteiger partial charge is 0.253 e. The molecule has 2 aromatic rings. The van der Waals surface area contributed by atoms with Gasteiger partial charge in [-0.15, -0.1) is 0 Å². The molecule has 0 unspecified atom stereocenters. The predicted molar refractivity (Wildman–Crippen MR) is 113 cm³/mol. The molecule has 0 bridgehead atoms. The Balaban J connectivity index is 1.95. The Hall–Kier alpha value is -2.42. The highest BCUT2D eigenvalue weighted by Crippen LogP contribution is 2.26. The second-order valence-corrected chi connectivity index (χ2v) is 8.94. The van der Waals surface area contributed by atoms with E-state index in [1.54, 1.807) is 6.07 Å². The van der Waals surface area contributed by atoms with Crippen LogP contribution in [0.2, 0.25) is 0 Å². The first kappa shape index (κ1) is 21.3. The van der Waals surface area contributed by atoms with Crippen molar-refractivity contribution in [1.82, 2.24) is 5.32 Å². The maximum Gasteiger partial charge on any atom is 0.253 e. The van der Waals surface area contributed by atoms with Gasteiger partial charge in [0.25, 0.3) is 5.91 Å². The van der Waals surface area contributed by atoms with Crippen molar-refractivity contribution in [1.29, 1.82) is 0 Å². The summed E-state index contributed by atoms with van der Waals surface area (Å²) in [5.74, 6) is -0.342. The van der Waals surface area contributed by atoms with E-state index in [9.17, 15) is 13.2 Å². The van der Waals surface area contributed by atoms with Gasteiger partial charge >= 0.3 is 0 Å². The highest BCUT2D eigenvalue weighted by atomic mass is 32.2. The normalized spacial score (nSPS) is 15.8. The molecule has 7 nitrogen and oxygen atoms in total. The van der Waals surface area contributed by atoms with Gasteiger partial charge in [0.15, 0.2) is 0 Å². The maximum absolute atomic E-state index is 13.2. The van der Waals surface area contributed by atoms with E-state index in [4.69, 9.17) is 9.88 Å². The molecule has 1 aliphatic heterocycles. The molecule has 8 heteroatoms. The fourth-order valence-electron chi connectivity index (χ4n) is 3.53. The van der Waals surface area contributed by atoms with E-state index in [2.05, 4.69) is 5.32 Å². The lowest BCUT2D eigenvalue weighted by Gasteiger charge is -2.30. The van der Waals surface area contributed by atoms with Gasteiger partial charge in [-0.1, -0.05) is 23.8 Å². The zero-order valence-corrected chi connectivity index (χ0v) is 17.8. The third kappa shape index (κ3) is 4.95. The van der Waals surface area contributed by atoms with Crippen LogP contribution >= 0.6 is 0 Å². The van der Waals surface area contributed by atoms with E-state index in [0.29, 0.717) is 32.0 Å². The molecule has 0 spiro atoms. The van der Waals surface area contributed by atoms with Gasteiger partial charge in [0.05, 0.1) is 29.7 Å². The van der Waals surface area contributed by atoms with E-state index in [1.807, 2.05) is 43.9 Å². The third-order valence-corrected chi connectivity index (χ3v) is 6.05. The quantitative estimate of drug-likeness (QED) is 0.777. The fraction of sp³-hybridized carbons (Fsp3) is 0.381. The Morgan fingerprint density at radius 2 is 1.83 bits per heavy atom. The minimum atomic E-state index is -3.92. The summed E-state index contributed by atoms with van der Waals surface area (Å²) >= 11 is 0. The lowest BCUT2D eigenvalue weighted by molar-refractivity contribution is 0.0938. The molecule has 0 aliphatic carbocycles. The molecule has 1 saturated heterocycles. The predicted octanol–water partition coefficient (Wildman–Crippen LogP) is 2.28. The third-order valence-electron chi connectivity index (χ3n) is 5.14. The van der Waals surface area contributed by atoms with Gasteiger partial charge in [0.1, 0.15) is 0 Å². The zero-order chi connectivity index (χ0) is 21.2. The number of hydrogen-bond donors (Lipinski definition) is 2. The van der Waals surface area contributed by atoms with Crippen LogP contribution < -0.4 is 15.4 Å². The molecule has 1 fully saturated rings. The van der Waals surface area contributed by atoms with Crippen molar-refractivity contribution < 1.29 is 17.9 Å². The zero-order valence-electron chi connectivity index (χ0n) is 16.9. The topological polar surface area (TPSA) is 102 Å². The number of morpholine rings is 1. The van der Waals surface area contributed by atoms with Crippen molar-refractivity contribution in [3.63, 3.8) is 0 Å². The van der Waals surface area contributed by atoms with Crippen LogP contribution in [0.4, 0.5) is 5.69 Å². The van der Waals surface area contributed by atoms with Crippen LogP contribution in [-0.2, 0) is 14.8 Å². The Labute approximate surface area is 171 Å². The SMILES string of the molecule is Cc1ccc(C)c([C@H](C)NC(=O)c2cc(S(N)(=O)=O)ccc2N2CCOCC2)c1. The maximum atomic E-state index is 13.2. The van der Waals surface area contributed by atoms with Crippen LogP contribution in [0.1, 0.15) is 40.0 Å². The number of hydrogen-bond acceptors (Lipinski definition) is 5. The van der Waals surface area contributed by atoms with Crippen LogP contribution in [0.25, 0.3) is 0 Å². The van der Waals surface area contributed by atoms with Crippen LogP contribution in [0, 0.1) is 13.8 Å². The summed E-state index contributed by atoms with van der Waals surface area (Å²) in [6.07, 6.45) is 0. The van der Waals surface area contributed by atoms with Crippen molar-refractivity contribution in [2.75, 3.05) is 31.2 Å². The van der Waals surface area contributed by atoms with Crippen molar-refractivity contribution in [2.45, 2.75) is 31.7 Å². The lowest BCUT2D eigenvalue weighted by atomic mass is 9.99. The van der Waals surface area contributed by atoms with Crippen molar-refractivity contribution in [2.24, 2.45) is 5.14 Å². The molecule has 1 aliphatic rings. The number of nitrogens with one attached hydrogen (secondary N) is 1. The van der Waals surface area contributed by atoms with Crippen molar-refractivity contribution in [3.05, 3.63) is 58.7 Å². The summed E-state index contributed by atoms with van der Waals surface area (Å²) in [4.78, 5) is 15.1. The molecule has 156 valence electrons. The number of carbonyl (C=O) groups excluding carboxylic acids is 1. The number of sulfonamides is 1. The fourth-order valence-corrected chi connectivity index (χ4v) is 4.07. The Morgan fingerprint density at radius 3 is 2.48 bits per heavy atom. The lowest BCUT2D eigenvalue weighted by Crippen LogP contribution is -2.38. The average Bonchev–Trinajstić information content (AvgIpc) is 2.69. The summed E-state index contributed by atoms with van der Waals surface area (Å²) < 4.78 is 29.1. The minimum Gasteiger partial charge on any atom is -0.378 e. The van der Waals surface area contributed by atoms with Gasteiger partial charge in [0, 0.05) is 18.8 Å². The highest BCUT2D eigenvalue weighted by molar-refractivity contribution is 7.89. The molecule has 0 aromatic heterocycles. The van der Waals surface area contributed by atoms with Gasteiger partial charge < -0.3 is 15.0 Å². The molecule has 1 heterocycles. The molecule has 0 saturated carbocycles. The molecule has 3 N–H and O–H groups in total. The molecular formula is C21H27N3O4S. The first-order valence-electron chi connectivity index (χ1n) is 9.54. The second kappa shape index (κ2) is 8.52. The summed E-state index contributed by atoms with van der Waals surface area (Å²) in [5, 5.41) is 8.30. The molecule has 1 atom stereocenters. The summed E-state index contributed by atoms with van der Waals surface area (Å²) in [6, 6.07) is 10.3. The standard InChI is InChI=1S/C21H27N3O4S/c1-14-4-5-15(2)18(12-14)16(3)23-21(25)19-13-17(29(22,26)27)6-7-20(19)24-8-10-28-11-9-24/h4-7,12-13,16H,8-11H2,1-3H3,(H,23,25)(H2,22,26,27)/t16-/m0/s1. The molecular weight excluding hydrogens is 390 g/mol. The number of ether oxygens (including phenoxy) is 1. The number of aryl methyl sites for hydroxylation is 2. The number of amides is 1. The first-order valence-corrected chi connectivity index (χ1v) is 11.1. The van der Waals surface area contributed by atoms with E-state index in [1.165, 1.54) is 12.1 Å². The molecule has 29 heavy (non-hydrogen) atoms. The monoisotopic (exact) mass is 417 g/mol. The van der Waals surface area contributed by atoms with Crippen LogP contribution in [-0.4, -0.2) is 40.6 Å². The van der Waals surface area contributed by atoms with E-state index >= 15 is 0 Å². The van der Waals surface area contributed by atoms with Crippen LogP contribution in [0.3, 0.4) is 0 Å². The molecule has 3 rings (SSSR count).